The molecule has 0 saturated heterocycles. The second-order valence-electron chi connectivity index (χ2n) is 6.07. The monoisotopic (exact) mass is 420 g/mol. The number of hydrogen-bond donors (Lipinski definition) is 1. The fourth-order valence-electron chi connectivity index (χ4n) is 2.79. The van der Waals surface area contributed by atoms with Gasteiger partial charge in [0.25, 0.3) is 5.91 Å². The Morgan fingerprint density at radius 2 is 1.89 bits per heavy atom. The summed E-state index contributed by atoms with van der Waals surface area (Å²) in [5.74, 6) is 0.663. The van der Waals surface area contributed by atoms with Crippen LogP contribution in [0.5, 0.6) is 11.5 Å². The van der Waals surface area contributed by atoms with E-state index in [1.165, 1.54) is 16.7 Å². The van der Waals surface area contributed by atoms with Crippen LogP contribution in [-0.4, -0.2) is 49.3 Å². The van der Waals surface area contributed by atoms with E-state index in [-0.39, 0.29) is 18.4 Å². The largest absolute Gasteiger partial charge is 0.486 e. The average molecular weight is 421 g/mol. The molecule has 0 spiro atoms. The highest BCUT2D eigenvalue weighted by atomic mass is 35.5. The number of rotatable bonds is 6. The Hall–Kier alpha value is -2.38. The molecule has 1 heterocycles. The van der Waals surface area contributed by atoms with Crippen molar-refractivity contribution in [3.8, 4) is 11.5 Å². The summed E-state index contributed by atoms with van der Waals surface area (Å²) in [6.45, 7) is 3.10. The van der Waals surface area contributed by atoms with Gasteiger partial charge in [0.2, 0.25) is 5.91 Å². The number of carbonyl (C=O) groups is 2. The van der Waals surface area contributed by atoms with Gasteiger partial charge in [-0.1, -0.05) is 11.6 Å². The predicted molar refractivity (Wildman–Crippen MR) is 111 cm³/mol. The third-order valence-corrected chi connectivity index (χ3v) is 5.29. The van der Waals surface area contributed by atoms with E-state index < -0.39 is 0 Å². The van der Waals surface area contributed by atoms with Gasteiger partial charge < -0.3 is 19.7 Å². The maximum atomic E-state index is 12.9. The topological polar surface area (TPSA) is 67.9 Å². The highest BCUT2D eigenvalue weighted by Crippen LogP contribution is 2.32. The molecule has 0 bridgehead atoms. The molecule has 0 atom stereocenters. The zero-order valence-electron chi connectivity index (χ0n) is 15.7. The molecular formula is C20H21ClN2O4S. The molecule has 0 fully saturated rings. The summed E-state index contributed by atoms with van der Waals surface area (Å²) in [5, 5.41) is 3.16. The van der Waals surface area contributed by atoms with Crippen molar-refractivity contribution in [1.29, 1.82) is 0 Å². The minimum absolute atomic E-state index is 0.0798. The second-order valence-corrected chi connectivity index (χ2v) is 7.36. The Morgan fingerprint density at radius 3 is 2.61 bits per heavy atom. The molecule has 3 rings (SSSR count). The van der Waals surface area contributed by atoms with Crippen molar-refractivity contribution in [2.75, 3.05) is 37.9 Å². The van der Waals surface area contributed by atoms with Gasteiger partial charge in [-0.15, -0.1) is 11.8 Å². The van der Waals surface area contributed by atoms with Crippen LogP contribution in [0.2, 0.25) is 5.02 Å². The van der Waals surface area contributed by atoms with Gasteiger partial charge in [-0.2, -0.15) is 0 Å². The van der Waals surface area contributed by atoms with Gasteiger partial charge in [-0.05, 0) is 43.5 Å². The van der Waals surface area contributed by atoms with Crippen LogP contribution >= 0.6 is 23.4 Å². The number of nitrogens with zero attached hydrogens (tertiary/aromatic N) is 1. The summed E-state index contributed by atoms with van der Waals surface area (Å²) in [6, 6.07) is 10.5. The van der Waals surface area contributed by atoms with Gasteiger partial charge in [-0.3, -0.25) is 9.59 Å². The number of thioether (sulfide) groups is 1. The van der Waals surface area contributed by atoms with Crippen molar-refractivity contribution >= 4 is 40.9 Å². The van der Waals surface area contributed by atoms with Crippen molar-refractivity contribution in [2.24, 2.45) is 0 Å². The molecule has 0 radical (unpaired) electrons. The molecule has 1 N–H and O–H groups in total. The Kier molecular flexibility index (Phi) is 6.70. The van der Waals surface area contributed by atoms with Crippen LogP contribution in [0.1, 0.15) is 17.3 Å². The number of likely N-dealkylation sites (N-methyl/N-ethyl adjacent to an activating group) is 1. The number of hydrogen-bond acceptors (Lipinski definition) is 5. The first-order valence-corrected chi connectivity index (χ1v) is 10.4. The summed E-state index contributed by atoms with van der Waals surface area (Å²) < 4.78 is 11.0. The number of carbonyl (C=O) groups excluding carboxylic acids is 2. The number of anilines is 1. The fourth-order valence-corrected chi connectivity index (χ4v) is 3.43. The molecule has 2 aromatic rings. The molecule has 28 heavy (non-hydrogen) atoms. The number of amides is 2. The van der Waals surface area contributed by atoms with E-state index in [9.17, 15) is 9.59 Å². The van der Waals surface area contributed by atoms with E-state index in [4.69, 9.17) is 21.1 Å². The maximum Gasteiger partial charge on any atom is 0.255 e. The molecule has 2 aromatic carbocycles. The van der Waals surface area contributed by atoms with Gasteiger partial charge in [-0.25, -0.2) is 0 Å². The van der Waals surface area contributed by atoms with E-state index >= 15 is 0 Å². The minimum Gasteiger partial charge on any atom is -0.486 e. The van der Waals surface area contributed by atoms with E-state index in [1.807, 2.05) is 19.2 Å². The van der Waals surface area contributed by atoms with Gasteiger partial charge in [0.15, 0.2) is 11.5 Å². The zero-order valence-corrected chi connectivity index (χ0v) is 17.2. The molecule has 0 aliphatic carbocycles. The molecule has 0 aromatic heterocycles. The Bertz CT molecular complexity index is 891. The van der Waals surface area contributed by atoms with E-state index in [2.05, 4.69) is 5.32 Å². The highest BCUT2D eigenvalue weighted by molar-refractivity contribution is 7.98. The molecule has 1 aliphatic heterocycles. The molecule has 0 saturated carbocycles. The SMILES string of the molecule is CCN(CC(=O)Nc1ccc2c(c1)OCCO2)C(=O)c1cc(SC)ccc1Cl. The van der Waals surface area contributed by atoms with E-state index in [1.54, 1.807) is 30.3 Å². The van der Waals surface area contributed by atoms with Gasteiger partial charge >= 0.3 is 0 Å². The molecule has 0 unspecified atom stereocenters. The summed E-state index contributed by atoms with van der Waals surface area (Å²) >= 11 is 7.72. The van der Waals surface area contributed by atoms with Crippen LogP contribution in [0.25, 0.3) is 0 Å². The Morgan fingerprint density at radius 1 is 1.14 bits per heavy atom. The molecule has 6 nitrogen and oxygen atoms in total. The first-order valence-electron chi connectivity index (χ1n) is 8.84. The van der Waals surface area contributed by atoms with Crippen molar-refractivity contribution in [3.05, 3.63) is 47.0 Å². The van der Waals surface area contributed by atoms with Crippen LogP contribution in [0.4, 0.5) is 5.69 Å². The van der Waals surface area contributed by atoms with Gasteiger partial charge in [0.1, 0.15) is 19.8 Å². The molecule has 1 aliphatic rings. The lowest BCUT2D eigenvalue weighted by Crippen LogP contribution is -2.38. The number of ether oxygens (including phenoxy) is 2. The first-order chi connectivity index (χ1) is 13.5. The lowest BCUT2D eigenvalue weighted by molar-refractivity contribution is -0.116. The third kappa shape index (κ3) is 4.72. The normalized spacial score (nSPS) is 12.4. The lowest BCUT2D eigenvalue weighted by Gasteiger charge is -2.22. The second kappa shape index (κ2) is 9.21. The number of fused-ring (bicyclic) bond motifs is 1. The fraction of sp³-hybridized carbons (Fsp3) is 0.300. The van der Waals surface area contributed by atoms with Crippen LogP contribution < -0.4 is 14.8 Å². The number of halogens is 1. The van der Waals surface area contributed by atoms with E-state index in [0.29, 0.717) is 47.5 Å². The summed E-state index contributed by atoms with van der Waals surface area (Å²) in [5.41, 5.74) is 0.975. The van der Waals surface area contributed by atoms with Crippen molar-refractivity contribution in [3.63, 3.8) is 0 Å². The van der Waals surface area contributed by atoms with Gasteiger partial charge in [0.05, 0.1) is 10.6 Å². The summed E-state index contributed by atoms with van der Waals surface area (Å²) in [7, 11) is 0. The lowest BCUT2D eigenvalue weighted by atomic mass is 10.2. The van der Waals surface area contributed by atoms with Crippen molar-refractivity contribution in [2.45, 2.75) is 11.8 Å². The smallest absolute Gasteiger partial charge is 0.255 e. The first kappa shape index (κ1) is 20.4. The number of benzene rings is 2. The average Bonchev–Trinajstić information content (AvgIpc) is 2.71. The minimum atomic E-state index is -0.302. The Balaban J connectivity index is 1.68. The molecular weight excluding hydrogens is 400 g/mol. The molecule has 148 valence electrons. The molecule has 2 amide bonds. The Labute approximate surface area is 173 Å². The standard InChI is InChI=1S/C20H21ClN2O4S/c1-3-23(20(25)15-11-14(28-2)5-6-16(15)21)12-19(24)22-13-4-7-17-18(10-13)27-9-8-26-17/h4-7,10-11H,3,8-9,12H2,1-2H3,(H,22,24). The predicted octanol–water partition coefficient (Wildman–Crippen LogP) is 3.93. The summed E-state index contributed by atoms with van der Waals surface area (Å²) in [4.78, 5) is 27.7. The van der Waals surface area contributed by atoms with Crippen molar-refractivity contribution in [1.82, 2.24) is 4.90 Å². The van der Waals surface area contributed by atoms with Crippen LogP contribution in [0.15, 0.2) is 41.3 Å². The summed E-state index contributed by atoms with van der Waals surface area (Å²) in [6.07, 6.45) is 1.93. The third-order valence-electron chi connectivity index (χ3n) is 4.23. The van der Waals surface area contributed by atoms with Crippen molar-refractivity contribution < 1.29 is 19.1 Å². The van der Waals surface area contributed by atoms with Crippen LogP contribution in [0.3, 0.4) is 0 Å². The van der Waals surface area contributed by atoms with Crippen LogP contribution in [0, 0.1) is 0 Å². The number of nitrogens with one attached hydrogen (secondary N) is 1. The highest BCUT2D eigenvalue weighted by Gasteiger charge is 2.21. The maximum absolute atomic E-state index is 12.9. The zero-order chi connectivity index (χ0) is 20.1. The quantitative estimate of drug-likeness (QED) is 0.717. The van der Waals surface area contributed by atoms with Gasteiger partial charge in [0, 0.05) is 23.2 Å². The van der Waals surface area contributed by atoms with Crippen LogP contribution in [-0.2, 0) is 4.79 Å². The molecule has 8 heteroatoms. The van der Waals surface area contributed by atoms with E-state index in [0.717, 1.165) is 4.90 Å².